The van der Waals surface area contributed by atoms with Crippen LogP contribution >= 0.6 is 0 Å². The second-order valence-electron chi connectivity index (χ2n) is 6.06. The molecule has 6 nitrogen and oxygen atoms in total. The number of nitrogens with one attached hydrogen (secondary N) is 1. The lowest BCUT2D eigenvalue weighted by Crippen LogP contribution is -2.14. The van der Waals surface area contributed by atoms with Gasteiger partial charge in [0, 0.05) is 16.5 Å². The molecule has 0 amide bonds. The SMILES string of the molecule is Oc1[nH]c2ccccc2c1C1=Nc2ccccc2C1=NOCC1CO1. The van der Waals surface area contributed by atoms with E-state index >= 15 is 0 Å². The normalized spacial score (nSPS) is 19.9. The summed E-state index contributed by atoms with van der Waals surface area (Å²) in [6, 6.07) is 15.5. The van der Waals surface area contributed by atoms with Crippen LogP contribution in [0.1, 0.15) is 11.1 Å². The Kier molecular flexibility index (Phi) is 3.11. The number of benzene rings is 2. The Balaban J connectivity index is 1.64. The van der Waals surface area contributed by atoms with E-state index in [2.05, 4.69) is 10.1 Å². The molecule has 0 bridgehead atoms. The van der Waals surface area contributed by atoms with Gasteiger partial charge in [-0.25, -0.2) is 4.99 Å². The number of para-hydroxylation sites is 2. The van der Waals surface area contributed by atoms with Crippen molar-refractivity contribution in [1.29, 1.82) is 0 Å². The van der Waals surface area contributed by atoms with Crippen LogP contribution in [0.15, 0.2) is 58.7 Å². The third kappa shape index (κ3) is 2.38. The lowest BCUT2D eigenvalue weighted by Gasteiger charge is -2.04. The largest absolute Gasteiger partial charge is 0.494 e. The van der Waals surface area contributed by atoms with E-state index in [0.717, 1.165) is 22.2 Å². The molecule has 6 heteroatoms. The number of oxime groups is 1. The molecule has 0 saturated carbocycles. The lowest BCUT2D eigenvalue weighted by molar-refractivity contribution is 0.125. The van der Waals surface area contributed by atoms with Gasteiger partial charge in [0.25, 0.3) is 0 Å². The van der Waals surface area contributed by atoms with E-state index in [1.165, 1.54) is 0 Å². The summed E-state index contributed by atoms with van der Waals surface area (Å²) in [4.78, 5) is 13.2. The number of nitrogens with zero attached hydrogens (tertiary/aromatic N) is 2. The number of hydrogen-bond donors (Lipinski definition) is 2. The molecular formula is C19H15N3O3. The molecular weight excluding hydrogens is 318 g/mol. The first-order chi connectivity index (χ1) is 12.3. The first kappa shape index (κ1) is 14.2. The highest BCUT2D eigenvalue weighted by Crippen LogP contribution is 2.35. The predicted molar refractivity (Wildman–Crippen MR) is 94.8 cm³/mol. The Morgan fingerprint density at radius 1 is 1.20 bits per heavy atom. The summed E-state index contributed by atoms with van der Waals surface area (Å²) in [5.41, 5.74) is 4.41. The number of aromatic nitrogens is 1. The molecule has 124 valence electrons. The van der Waals surface area contributed by atoms with Gasteiger partial charge in [-0.05, 0) is 12.1 Å². The first-order valence-corrected chi connectivity index (χ1v) is 8.11. The zero-order valence-corrected chi connectivity index (χ0v) is 13.3. The molecule has 0 aliphatic carbocycles. The van der Waals surface area contributed by atoms with Gasteiger partial charge in [0.05, 0.1) is 17.9 Å². The van der Waals surface area contributed by atoms with Crippen molar-refractivity contribution in [2.75, 3.05) is 13.2 Å². The summed E-state index contributed by atoms with van der Waals surface area (Å²) in [5.74, 6) is 0.0750. The van der Waals surface area contributed by atoms with Gasteiger partial charge in [-0.2, -0.15) is 0 Å². The van der Waals surface area contributed by atoms with Crippen molar-refractivity contribution in [2.24, 2.45) is 10.1 Å². The number of hydrogen-bond acceptors (Lipinski definition) is 5. The molecule has 0 radical (unpaired) electrons. The summed E-state index contributed by atoms with van der Waals surface area (Å²) < 4.78 is 5.15. The maximum Gasteiger partial charge on any atom is 0.199 e. The van der Waals surface area contributed by atoms with Gasteiger partial charge in [0.1, 0.15) is 24.1 Å². The quantitative estimate of drug-likeness (QED) is 0.568. The van der Waals surface area contributed by atoms with E-state index < -0.39 is 0 Å². The summed E-state index contributed by atoms with van der Waals surface area (Å²) in [6.07, 6.45) is 0.128. The molecule has 2 aromatic carbocycles. The van der Waals surface area contributed by atoms with Gasteiger partial charge in [-0.15, -0.1) is 0 Å². The smallest absolute Gasteiger partial charge is 0.199 e. The Morgan fingerprint density at radius 3 is 2.88 bits per heavy atom. The molecule has 1 atom stereocenters. The van der Waals surface area contributed by atoms with Crippen LogP contribution in [0.3, 0.4) is 0 Å². The van der Waals surface area contributed by atoms with Gasteiger partial charge in [-0.3, -0.25) is 0 Å². The number of aromatic hydroxyl groups is 1. The molecule has 25 heavy (non-hydrogen) atoms. The number of aromatic amines is 1. The summed E-state index contributed by atoms with van der Waals surface area (Å²) >= 11 is 0. The van der Waals surface area contributed by atoms with Crippen molar-refractivity contribution < 1.29 is 14.7 Å². The van der Waals surface area contributed by atoms with Gasteiger partial charge in [-0.1, -0.05) is 41.6 Å². The van der Waals surface area contributed by atoms with Crippen LogP contribution in [0.5, 0.6) is 5.88 Å². The van der Waals surface area contributed by atoms with Crippen LogP contribution in [-0.4, -0.2) is 40.8 Å². The van der Waals surface area contributed by atoms with Crippen molar-refractivity contribution in [3.8, 4) is 5.88 Å². The van der Waals surface area contributed by atoms with Crippen molar-refractivity contribution in [3.63, 3.8) is 0 Å². The van der Waals surface area contributed by atoms with Gasteiger partial charge in [0.2, 0.25) is 0 Å². The molecule has 3 heterocycles. The maximum absolute atomic E-state index is 10.5. The minimum atomic E-state index is 0.0750. The number of ether oxygens (including phenoxy) is 1. The maximum atomic E-state index is 10.5. The highest BCUT2D eigenvalue weighted by Gasteiger charge is 2.29. The molecule has 1 unspecified atom stereocenters. The minimum absolute atomic E-state index is 0.0750. The van der Waals surface area contributed by atoms with E-state index in [0.29, 0.717) is 30.2 Å². The fourth-order valence-electron chi connectivity index (χ4n) is 3.06. The average Bonchev–Trinajstić information content (AvgIpc) is 3.29. The van der Waals surface area contributed by atoms with Crippen molar-refractivity contribution in [2.45, 2.75) is 6.10 Å². The number of epoxide rings is 1. The van der Waals surface area contributed by atoms with Gasteiger partial charge < -0.3 is 19.7 Å². The monoisotopic (exact) mass is 333 g/mol. The predicted octanol–water partition coefficient (Wildman–Crippen LogP) is 3.13. The standard InChI is InChI=1S/C19H15N3O3/c23-19-16(12-5-1-3-7-14(12)21-19)18-17(22-25-10-11-9-24-11)13-6-2-4-8-15(13)20-18/h1-8,11,21,23H,9-10H2. The van der Waals surface area contributed by atoms with Crippen LogP contribution in [0.2, 0.25) is 0 Å². The second kappa shape index (κ2) is 5.46. The number of aliphatic imine (C=N–C) groups is 1. The second-order valence-corrected chi connectivity index (χ2v) is 6.06. The molecule has 2 aliphatic heterocycles. The fraction of sp³-hybridized carbons (Fsp3) is 0.158. The summed E-state index contributed by atoms with van der Waals surface area (Å²) in [5, 5.41) is 15.7. The highest BCUT2D eigenvalue weighted by atomic mass is 16.7. The van der Waals surface area contributed by atoms with E-state index in [4.69, 9.17) is 14.6 Å². The van der Waals surface area contributed by atoms with Crippen molar-refractivity contribution in [1.82, 2.24) is 4.98 Å². The van der Waals surface area contributed by atoms with Gasteiger partial charge in [0.15, 0.2) is 5.88 Å². The Labute approximate surface area is 143 Å². The Bertz CT molecular complexity index is 1030. The number of rotatable bonds is 4. The van der Waals surface area contributed by atoms with Crippen LogP contribution in [-0.2, 0) is 9.57 Å². The molecule has 2 N–H and O–H groups in total. The van der Waals surface area contributed by atoms with E-state index in [1.54, 1.807) is 0 Å². The third-order valence-corrected chi connectivity index (χ3v) is 4.36. The third-order valence-electron chi connectivity index (χ3n) is 4.36. The van der Waals surface area contributed by atoms with Crippen LogP contribution < -0.4 is 0 Å². The number of fused-ring (bicyclic) bond motifs is 2. The topological polar surface area (TPSA) is 82.5 Å². The zero-order chi connectivity index (χ0) is 16.8. The minimum Gasteiger partial charge on any atom is -0.494 e. The van der Waals surface area contributed by atoms with E-state index in [-0.39, 0.29) is 12.0 Å². The van der Waals surface area contributed by atoms with Crippen LogP contribution in [0, 0.1) is 0 Å². The Hall–Kier alpha value is -3.12. The summed E-state index contributed by atoms with van der Waals surface area (Å²) in [7, 11) is 0. The molecule has 1 fully saturated rings. The fourth-order valence-corrected chi connectivity index (χ4v) is 3.06. The summed E-state index contributed by atoms with van der Waals surface area (Å²) in [6.45, 7) is 1.13. The van der Waals surface area contributed by atoms with E-state index in [1.807, 2.05) is 48.5 Å². The number of H-pyrrole nitrogens is 1. The molecule has 1 saturated heterocycles. The average molecular weight is 333 g/mol. The van der Waals surface area contributed by atoms with E-state index in [9.17, 15) is 5.11 Å². The van der Waals surface area contributed by atoms with Crippen molar-refractivity contribution >= 4 is 28.0 Å². The van der Waals surface area contributed by atoms with Crippen LogP contribution in [0.25, 0.3) is 10.9 Å². The van der Waals surface area contributed by atoms with Crippen molar-refractivity contribution in [3.05, 3.63) is 59.7 Å². The van der Waals surface area contributed by atoms with Gasteiger partial charge >= 0.3 is 0 Å². The lowest BCUT2D eigenvalue weighted by atomic mass is 10.0. The first-order valence-electron chi connectivity index (χ1n) is 8.11. The van der Waals surface area contributed by atoms with Crippen LogP contribution in [0.4, 0.5) is 5.69 Å². The molecule has 0 spiro atoms. The zero-order valence-electron chi connectivity index (χ0n) is 13.3. The highest BCUT2D eigenvalue weighted by molar-refractivity contribution is 6.58. The molecule has 2 aliphatic rings. The molecule has 5 rings (SSSR count). The Morgan fingerprint density at radius 2 is 2.00 bits per heavy atom. The molecule has 3 aromatic rings. The molecule has 1 aromatic heterocycles.